The average molecular weight is 354 g/mol. The van der Waals surface area contributed by atoms with Crippen molar-refractivity contribution in [2.45, 2.75) is 25.7 Å². The number of hydrogen-bond donors (Lipinski definition) is 2. The molecule has 2 atom stereocenters. The van der Waals surface area contributed by atoms with Crippen molar-refractivity contribution in [3.63, 3.8) is 0 Å². The van der Waals surface area contributed by atoms with Gasteiger partial charge in [-0.2, -0.15) is 0 Å². The first-order valence-corrected chi connectivity index (χ1v) is 8.51. The number of benzene rings is 2. The molecule has 0 aliphatic carbocycles. The third-order valence-corrected chi connectivity index (χ3v) is 4.30. The van der Waals surface area contributed by atoms with Gasteiger partial charge in [0.15, 0.2) is 0 Å². The zero-order chi connectivity index (χ0) is 18.9. The lowest BCUT2D eigenvalue weighted by Gasteiger charge is -2.15. The van der Waals surface area contributed by atoms with Crippen LogP contribution in [0.3, 0.4) is 0 Å². The Balaban J connectivity index is 1.98. The van der Waals surface area contributed by atoms with Crippen LogP contribution >= 0.6 is 0 Å². The third-order valence-electron chi connectivity index (χ3n) is 4.30. The van der Waals surface area contributed by atoms with Crippen LogP contribution in [0.4, 0.5) is 0 Å². The highest BCUT2D eigenvalue weighted by Gasteiger charge is 2.26. The van der Waals surface area contributed by atoms with Gasteiger partial charge in [0.05, 0.1) is 11.8 Å². The van der Waals surface area contributed by atoms with Gasteiger partial charge in [-0.15, -0.1) is 0 Å². The zero-order valence-electron chi connectivity index (χ0n) is 14.4. The second-order valence-electron chi connectivity index (χ2n) is 6.40. The summed E-state index contributed by atoms with van der Waals surface area (Å²) in [6, 6.07) is 18.2. The Morgan fingerprint density at radius 2 is 1.00 bits per heavy atom. The fourth-order valence-corrected chi connectivity index (χ4v) is 2.92. The van der Waals surface area contributed by atoms with Crippen molar-refractivity contribution in [3.8, 4) is 0 Å². The summed E-state index contributed by atoms with van der Waals surface area (Å²) < 4.78 is 0. The van der Waals surface area contributed by atoms with E-state index in [1.54, 1.807) is 0 Å². The van der Waals surface area contributed by atoms with Crippen molar-refractivity contribution in [2.75, 3.05) is 0 Å². The molecular weight excluding hydrogens is 332 g/mol. The Morgan fingerprint density at radius 1 is 0.654 bits per heavy atom. The maximum atomic E-state index is 12.3. The first kappa shape index (κ1) is 19.4. The van der Waals surface area contributed by atoms with Gasteiger partial charge in [-0.1, -0.05) is 60.7 Å². The van der Waals surface area contributed by atoms with Crippen LogP contribution in [-0.4, -0.2) is 27.9 Å². The maximum absolute atomic E-state index is 12.3. The van der Waals surface area contributed by atoms with Crippen LogP contribution in [0.2, 0.25) is 0 Å². The van der Waals surface area contributed by atoms with Gasteiger partial charge < -0.3 is 10.2 Å². The molecular formula is C21H22O5. The molecule has 5 heteroatoms. The normalized spacial score (nSPS) is 12.9. The molecule has 26 heavy (non-hydrogen) atoms. The molecule has 136 valence electrons. The van der Waals surface area contributed by atoms with Gasteiger partial charge in [0.25, 0.3) is 0 Å². The van der Waals surface area contributed by atoms with Crippen LogP contribution in [0.15, 0.2) is 60.7 Å². The van der Waals surface area contributed by atoms with Crippen LogP contribution in [0.25, 0.3) is 0 Å². The fourth-order valence-electron chi connectivity index (χ4n) is 2.92. The van der Waals surface area contributed by atoms with Crippen molar-refractivity contribution in [2.24, 2.45) is 11.8 Å². The molecule has 0 bridgehead atoms. The molecule has 2 N–H and O–H groups in total. The quantitative estimate of drug-likeness (QED) is 0.683. The zero-order valence-corrected chi connectivity index (χ0v) is 14.4. The predicted octanol–water partition coefficient (Wildman–Crippen LogP) is 3.22. The maximum Gasteiger partial charge on any atom is 0.307 e. The SMILES string of the molecule is O=C(C[C@@H](Cc1ccccc1)C(=O)O)C[C@@H](Cc1ccccc1)C(=O)O. The minimum absolute atomic E-state index is 0.164. The molecule has 2 rings (SSSR count). The molecule has 0 radical (unpaired) electrons. The lowest BCUT2D eigenvalue weighted by atomic mass is 9.89. The Kier molecular flexibility index (Phi) is 7.09. The molecule has 0 heterocycles. The molecule has 2 aromatic rings. The number of carboxylic acids is 2. The summed E-state index contributed by atoms with van der Waals surface area (Å²) in [7, 11) is 0. The van der Waals surface area contributed by atoms with Crippen molar-refractivity contribution in [1.29, 1.82) is 0 Å². The average Bonchev–Trinajstić information content (AvgIpc) is 2.62. The minimum Gasteiger partial charge on any atom is -0.481 e. The first-order chi connectivity index (χ1) is 12.5. The Bertz CT molecular complexity index is 676. The van der Waals surface area contributed by atoms with Gasteiger partial charge in [0, 0.05) is 12.8 Å². The number of rotatable bonds is 10. The van der Waals surface area contributed by atoms with E-state index in [9.17, 15) is 24.6 Å². The van der Waals surface area contributed by atoms with E-state index in [1.165, 1.54) is 0 Å². The van der Waals surface area contributed by atoms with E-state index in [0.29, 0.717) is 0 Å². The van der Waals surface area contributed by atoms with E-state index in [2.05, 4.69) is 0 Å². The van der Waals surface area contributed by atoms with Crippen LogP contribution in [-0.2, 0) is 27.2 Å². The number of carbonyl (C=O) groups is 3. The molecule has 0 saturated heterocycles. The van der Waals surface area contributed by atoms with Gasteiger partial charge in [-0.05, 0) is 24.0 Å². The number of hydrogen-bond acceptors (Lipinski definition) is 3. The molecule has 0 unspecified atom stereocenters. The topological polar surface area (TPSA) is 91.7 Å². The molecule has 0 amide bonds. The van der Waals surface area contributed by atoms with Gasteiger partial charge in [-0.3, -0.25) is 14.4 Å². The highest BCUT2D eigenvalue weighted by atomic mass is 16.4. The summed E-state index contributed by atoms with van der Waals surface area (Å²) in [5.74, 6) is -4.13. The van der Waals surface area contributed by atoms with E-state index < -0.39 is 23.8 Å². The number of carbonyl (C=O) groups excluding carboxylic acids is 1. The summed E-state index contributed by atoms with van der Waals surface area (Å²) in [5.41, 5.74) is 1.68. The lowest BCUT2D eigenvalue weighted by molar-refractivity contribution is -0.145. The van der Waals surface area contributed by atoms with Gasteiger partial charge >= 0.3 is 11.9 Å². The number of Topliss-reactive ketones (excluding diaryl/α,β-unsaturated/α-hetero) is 1. The van der Waals surface area contributed by atoms with E-state index in [-0.39, 0.29) is 31.5 Å². The monoisotopic (exact) mass is 354 g/mol. The number of aliphatic carboxylic acids is 2. The number of ketones is 1. The smallest absolute Gasteiger partial charge is 0.307 e. The highest BCUT2D eigenvalue weighted by Crippen LogP contribution is 2.19. The fraction of sp³-hybridized carbons (Fsp3) is 0.286. The summed E-state index contributed by atoms with van der Waals surface area (Å²) in [6.45, 7) is 0. The summed E-state index contributed by atoms with van der Waals surface area (Å²) >= 11 is 0. The number of carboxylic acid groups (broad SMARTS) is 2. The van der Waals surface area contributed by atoms with Crippen LogP contribution in [0.5, 0.6) is 0 Å². The molecule has 5 nitrogen and oxygen atoms in total. The third kappa shape index (κ3) is 6.16. The predicted molar refractivity (Wildman–Crippen MR) is 96.8 cm³/mol. The summed E-state index contributed by atoms with van der Waals surface area (Å²) in [4.78, 5) is 35.3. The molecule has 0 fully saturated rings. The van der Waals surface area contributed by atoms with Gasteiger partial charge in [-0.25, -0.2) is 0 Å². The first-order valence-electron chi connectivity index (χ1n) is 8.51. The van der Waals surface area contributed by atoms with Crippen LogP contribution in [0, 0.1) is 11.8 Å². The van der Waals surface area contributed by atoms with E-state index in [0.717, 1.165) is 11.1 Å². The van der Waals surface area contributed by atoms with Crippen molar-refractivity contribution in [1.82, 2.24) is 0 Å². The molecule has 0 saturated carbocycles. The summed E-state index contributed by atoms with van der Waals surface area (Å²) in [5, 5.41) is 18.8. The molecule has 0 aromatic heterocycles. The van der Waals surface area contributed by atoms with Gasteiger partial charge in [0.1, 0.15) is 5.78 Å². The minimum atomic E-state index is -1.04. The van der Waals surface area contributed by atoms with Crippen LogP contribution < -0.4 is 0 Å². The Labute approximate surface area is 152 Å². The van der Waals surface area contributed by atoms with E-state index in [4.69, 9.17) is 0 Å². The van der Waals surface area contributed by atoms with E-state index in [1.807, 2.05) is 60.7 Å². The Morgan fingerprint density at radius 3 is 1.31 bits per heavy atom. The second-order valence-corrected chi connectivity index (χ2v) is 6.40. The molecule has 2 aromatic carbocycles. The highest BCUT2D eigenvalue weighted by molar-refractivity contribution is 5.87. The molecule has 0 aliphatic rings. The molecule has 0 aliphatic heterocycles. The van der Waals surface area contributed by atoms with Crippen LogP contribution in [0.1, 0.15) is 24.0 Å². The van der Waals surface area contributed by atoms with Gasteiger partial charge in [0.2, 0.25) is 0 Å². The van der Waals surface area contributed by atoms with Crippen molar-refractivity contribution < 1.29 is 24.6 Å². The van der Waals surface area contributed by atoms with E-state index >= 15 is 0 Å². The summed E-state index contributed by atoms with van der Waals surface area (Å²) in [6.07, 6.45) is 0.169. The van der Waals surface area contributed by atoms with Crippen molar-refractivity contribution in [3.05, 3.63) is 71.8 Å². The lowest BCUT2D eigenvalue weighted by Crippen LogP contribution is -2.25. The molecule has 0 spiro atoms. The van der Waals surface area contributed by atoms with Crippen molar-refractivity contribution >= 4 is 17.7 Å². The largest absolute Gasteiger partial charge is 0.481 e. The second kappa shape index (κ2) is 9.51. The standard InChI is InChI=1S/C21H22O5/c22-19(13-17(20(23)24)11-15-7-3-1-4-8-15)14-18(21(25)26)12-16-9-5-2-6-10-16/h1-10,17-18H,11-14H2,(H,23,24)(H,25,26)/t17-,18-/m1/s1. The Hall–Kier alpha value is -2.95.